The van der Waals surface area contributed by atoms with Gasteiger partial charge in [-0.1, -0.05) is 23.7 Å². The predicted molar refractivity (Wildman–Crippen MR) is 103 cm³/mol. The van der Waals surface area contributed by atoms with Crippen LogP contribution in [0.1, 0.15) is 17.2 Å². The fourth-order valence-corrected chi connectivity index (χ4v) is 3.17. The van der Waals surface area contributed by atoms with E-state index in [2.05, 4.69) is 15.5 Å². The lowest BCUT2D eigenvalue weighted by atomic mass is 10.1. The minimum absolute atomic E-state index is 0.424. The number of aliphatic hydroxyl groups is 1. The summed E-state index contributed by atoms with van der Waals surface area (Å²) in [6.45, 7) is 2.12. The summed E-state index contributed by atoms with van der Waals surface area (Å²) in [6.07, 6.45) is 1.18. The van der Waals surface area contributed by atoms with Crippen molar-refractivity contribution in [1.29, 1.82) is 0 Å². The molecule has 3 aromatic rings. The van der Waals surface area contributed by atoms with Crippen LogP contribution < -0.4 is 14.8 Å². The number of benzene rings is 2. The number of nitrogens with one attached hydrogen (secondary N) is 2. The van der Waals surface area contributed by atoms with E-state index in [1.54, 1.807) is 18.3 Å². The first-order valence-corrected chi connectivity index (χ1v) is 9.15. The molecule has 0 amide bonds. The Morgan fingerprint density at radius 2 is 1.89 bits per heavy atom. The Morgan fingerprint density at radius 3 is 2.70 bits per heavy atom. The molecule has 0 spiro atoms. The lowest BCUT2D eigenvalue weighted by Gasteiger charge is -2.19. The Bertz CT molecular complexity index is 911. The summed E-state index contributed by atoms with van der Waals surface area (Å²) in [7, 11) is 0. The molecule has 2 heterocycles. The number of aromatic nitrogens is 2. The van der Waals surface area contributed by atoms with Gasteiger partial charge in [-0.05, 0) is 35.9 Å². The van der Waals surface area contributed by atoms with Crippen LogP contribution in [-0.2, 0) is 6.54 Å². The number of nitrogens with zero attached hydrogens (tertiary/aromatic N) is 1. The van der Waals surface area contributed by atoms with E-state index in [-0.39, 0.29) is 0 Å². The molecule has 0 fully saturated rings. The van der Waals surface area contributed by atoms with Crippen LogP contribution in [-0.4, -0.2) is 35.1 Å². The minimum atomic E-state index is -0.605. The first-order valence-electron chi connectivity index (χ1n) is 8.77. The highest BCUT2D eigenvalue weighted by atomic mass is 35.5. The van der Waals surface area contributed by atoms with E-state index in [1.807, 2.05) is 30.3 Å². The fourth-order valence-electron chi connectivity index (χ4n) is 3.04. The van der Waals surface area contributed by atoms with Gasteiger partial charge in [0.25, 0.3) is 0 Å². The summed E-state index contributed by atoms with van der Waals surface area (Å²) in [5.41, 5.74) is 3.73. The van der Waals surface area contributed by atoms with Gasteiger partial charge in [-0.2, -0.15) is 5.10 Å². The van der Waals surface area contributed by atoms with E-state index in [0.29, 0.717) is 31.3 Å². The van der Waals surface area contributed by atoms with Crippen LogP contribution in [0, 0.1) is 0 Å². The Morgan fingerprint density at radius 1 is 1.11 bits per heavy atom. The maximum Gasteiger partial charge on any atom is 0.162 e. The van der Waals surface area contributed by atoms with Crippen LogP contribution in [0.15, 0.2) is 48.7 Å². The van der Waals surface area contributed by atoms with Crippen molar-refractivity contribution in [3.05, 3.63) is 64.8 Å². The number of fused-ring (bicyclic) bond motifs is 1. The summed E-state index contributed by atoms with van der Waals surface area (Å²) >= 11 is 5.88. The second kappa shape index (κ2) is 8.00. The zero-order valence-corrected chi connectivity index (χ0v) is 15.4. The van der Waals surface area contributed by atoms with Gasteiger partial charge in [0.2, 0.25) is 0 Å². The maximum absolute atomic E-state index is 10.3. The number of hydrogen-bond donors (Lipinski definition) is 3. The van der Waals surface area contributed by atoms with Crippen molar-refractivity contribution < 1.29 is 14.6 Å². The van der Waals surface area contributed by atoms with E-state index in [1.165, 1.54) is 0 Å². The largest absolute Gasteiger partial charge is 0.486 e. The summed E-state index contributed by atoms with van der Waals surface area (Å²) in [4.78, 5) is 0. The molecule has 1 atom stereocenters. The molecule has 0 saturated heterocycles. The molecule has 4 rings (SSSR count). The number of rotatable bonds is 6. The molecule has 3 N–H and O–H groups in total. The molecule has 0 bridgehead atoms. The van der Waals surface area contributed by atoms with Gasteiger partial charge in [0.15, 0.2) is 11.5 Å². The standard InChI is InChI=1S/C20H20ClN3O3/c21-16-4-1-13(2-5-16)17(25)12-22-10-15-11-23-24-20(15)14-3-6-18-19(9-14)27-8-7-26-18/h1-6,9,11,17,22,25H,7-8,10,12H2,(H,23,24)/t17-/m0/s1. The number of aliphatic hydroxyl groups excluding tert-OH is 1. The lowest BCUT2D eigenvalue weighted by molar-refractivity contribution is 0.171. The van der Waals surface area contributed by atoms with E-state index >= 15 is 0 Å². The van der Waals surface area contributed by atoms with Gasteiger partial charge in [0.05, 0.1) is 18.0 Å². The van der Waals surface area contributed by atoms with Crippen LogP contribution in [0.3, 0.4) is 0 Å². The van der Waals surface area contributed by atoms with E-state index in [9.17, 15) is 5.11 Å². The average molecular weight is 386 g/mol. The Labute approximate surface area is 162 Å². The SMILES string of the molecule is O[C@@H](CNCc1cn[nH]c1-c1ccc2c(c1)OCCO2)c1ccc(Cl)cc1. The minimum Gasteiger partial charge on any atom is -0.486 e. The molecule has 140 valence electrons. The van der Waals surface area contributed by atoms with Crippen molar-refractivity contribution in [2.45, 2.75) is 12.6 Å². The molecule has 0 radical (unpaired) electrons. The summed E-state index contributed by atoms with van der Waals surface area (Å²) in [5, 5.41) is 21.4. The quantitative estimate of drug-likeness (QED) is 0.606. The second-order valence-electron chi connectivity index (χ2n) is 6.33. The Kier molecular flexibility index (Phi) is 5.29. The third-order valence-corrected chi connectivity index (χ3v) is 4.71. The number of H-pyrrole nitrogens is 1. The number of aromatic amines is 1. The molecule has 1 aromatic heterocycles. The molecule has 0 aliphatic carbocycles. The van der Waals surface area contributed by atoms with Crippen LogP contribution >= 0.6 is 11.6 Å². The summed E-state index contributed by atoms with van der Waals surface area (Å²) in [6, 6.07) is 13.0. The smallest absolute Gasteiger partial charge is 0.162 e. The van der Waals surface area contributed by atoms with Crippen molar-refractivity contribution in [2.75, 3.05) is 19.8 Å². The van der Waals surface area contributed by atoms with Crippen molar-refractivity contribution in [3.8, 4) is 22.8 Å². The van der Waals surface area contributed by atoms with Crippen molar-refractivity contribution in [3.63, 3.8) is 0 Å². The molecule has 27 heavy (non-hydrogen) atoms. The summed E-state index contributed by atoms with van der Waals surface area (Å²) < 4.78 is 11.2. The van der Waals surface area contributed by atoms with Crippen LogP contribution in [0.4, 0.5) is 0 Å². The number of ether oxygens (including phenoxy) is 2. The Balaban J connectivity index is 1.41. The maximum atomic E-state index is 10.3. The molecular formula is C20H20ClN3O3. The van der Waals surface area contributed by atoms with Crippen molar-refractivity contribution in [1.82, 2.24) is 15.5 Å². The molecule has 2 aromatic carbocycles. The molecular weight excluding hydrogens is 366 g/mol. The third kappa shape index (κ3) is 4.08. The molecule has 1 aliphatic rings. The van der Waals surface area contributed by atoms with Crippen LogP contribution in [0.25, 0.3) is 11.3 Å². The van der Waals surface area contributed by atoms with Gasteiger partial charge in [0.1, 0.15) is 13.2 Å². The van der Waals surface area contributed by atoms with E-state index in [4.69, 9.17) is 21.1 Å². The van der Waals surface area contributed by atoms with Gasteiger partial charge in [-0.3, -0.25) is 5.10 Å². The van der Waals surface area contributed by atoms with Gasteiger partial charge >= 0.3 is 0 Å². The zero-order chi connectivity index (χ0) is 18.6. The first kappa shape index (κ1) is 17.9. The topological polar surface area (TPSA) is 79.4 Å². The molecule has 0 unspecified atom stereocenters. The lowest BCUT2D eigenvalue weighted by Crippen LogP contribution is -2.21. The normalized spacial score (nSPS) is 14.1. The van der Waals surface area contributed by atoms with E-state index in [0.717, 1.165) is 33.9 Å². The number of halogens is 1. The van der Waals surface area contributed by atoms with Gasteiger partial charge < -0.3 is 19.9 Å². The molecule has 7 heteroatoms. The summed E-state index contributed by atoms with van der Waals surface area (Å²) in [5.74, 6) is 1.50. The van der Waals surface area contributed by atoms with Crippen molar-refractivity contribution >= 4 is 11.6 Å². The predicted octanol–water partition coefficient (Wildman–Crippen LogP) is 3.32. The van der Waals surface area contributed by atoms with E-state index < -0.39 is 6.10 Å². The van der Waals surface area contributed by atoms with Crippen LogP contribution in [0.2, 0.25) is 5.02 Å². The van der Waals surface area contributed by atoms with Gasteiger partial charge in [0, 0.05) is 29.2 Å². The second-order valence-corrected chi connectivity index (χ2v) is 6.76. The highest BCUT2D eigenvalue weighted by Gasteiger charge is 2.15. The highest BCUT2D eigenvalue weighted by Crippen LogP contribution is 2.34. The van der Waals surface area contributed by atoms with Crippen molar-refractivity contribution in [2.24, 2.45) is 0 Å². The molecule has 1 aliphatic heterocycles. The number of hydrogen-bond acceptors (Lipinski definition) is 5. The zero-order valence-electron chi connectivity index (χ0n) is 14.6. The first-order chi connectivity index (χ1) is 13.2. The third-order valence-electron chi connectivity index (χ3n) is 4.46. The van der Waals surface area contributed by atoms with Gasteiger partial charge in [-0.25, -0.2) is 0 Å². The fraction of sp³-hybridized carbons (Fsp3) is 0.250. The average Bonchev–Trinajstić information content (AvgIpc) is 3.16. The highest BCUT2D eigenvalue weighted by molar-refractivity contribution is 6.30. The van der Waals surface area contributed by atoms with Gasteiger partial charge in [-0.15, -0.1) is 0 Å². The van der Waals surface area contributed by atoms with Crippen LogP contribution in [0.5, 0.6) is 11.5 Å². The molecule has 0 saturated carbocycles. The Hall–Kier alpha value is -2.54. The molecule has 6 nitrogen and oxygen atoms in total. The monoisotopic (exact) mass is 385 g/mol.